The summed E-state index contributed by atoms with van der Waals surface area (Å²) in [5.41, 5.74) is 3.14. The van der Waals surface area contributed by atoms with Crippen molar-refractivity contribution in [2.75, 3.05) is 32.1 Å². The van der Waals surface area contributed by atoms with Gasteiger partial charge in [0.15, 0.2) is 12.3 Å². The van der Waals surface area contributed by atoms with Crippen LogP contribution in [0.4, 0.5) is 5.69 Å². The Labute approximate surface area is 173 Å². The molecule has 3 aromatic rings. The van der Waals surface area contributed by atoms with Gasteiger partial charge in [-0.3, -0.25) is 4.79 Å². The normalized spacial score (nSPS) is 14.7. The number of fused-ring (bicyclic) bond motifs is 1. The van der Waals surface area contributed by atoms with Gasteiger partial charge in [0.05, 0.1) is 16.9 Å². The number of anilines is 1. The molecule has 1 aliphatic heterocycles. The van der Waals surface area contributed by atoms with E-state index < -0.39 is 0 Å². The molecule has 1 amide bonds. The first-order valence-electron chi connectivity index (χ1n) is 9.59. The van der Waals surface area contributed by atoms with E-state index in [0.717, 1.165) is 42.7 Å². The van der Waals surface area contributed by atoms with Gasteiger partial charge in [0.1, 0.15) is 17.1 Å². The van der Waals surface area contributed by atoms with Crippen LogP contribution in [-0.4, -0.2) is 53.6 Å². The molecule has 4 N–H and O–H groups in total. The SMILES string of the molecule is CNC(=O)COc1ccc(-c2nc3ncc(Cl)c(NC4CCNCC4)c3[nH]2)cc1. The molecule has 1 aromatic carbocycles. The molecule has 0 spiro atoms. The van der Waals surface area contributed by atoms with Crippen LogP contribution in [0.25, 0.3) is 22.6 Å². The van der Waals surface area contributed by atoms with E-state index >= 15 is 0 Å². The molecule has 0 unspecified atom stereocenters. The molecule has 0 bridgehead atoms. The zero-order valence-electron chi connectivity index (χ0n) is 16.1. The molecule has 0 aliphatic carbocycles. The number of pyridine rings is 1. The Kier molecular flexibility index (Phi) is 5.82. The molecular weight excluding hydrogens is 392 g/mol. The predicted octanol–water partition coefficient (Wildman–Crippen LogP) is 2.57. The second kappa shape index (κ2) is 8.67. The number of likely N-dealkylation sites (N-methyl/N-ethyl adjacent to an activating group) is 1. The standard InChI is InChI=1S/C20H23ClN6O2/c1-22-16(28)11-29-14-4-2-12(3-5-14)19-26-18-17(15(21)10-24-20(18)27-19)25-13-6-8-23-9-7-13/h2-5,10,13,23H,6-9,11H2,1H3,(H,22,28)(H2,24,25,26,27). The molecule has 29 heavy (non-hydrogen) atoms. The molecule has 0 saturated carbocycles. The summed E-state index contributed by atoms with van der Waals surface area (Å²) >= 11 is 6.43. The average Bonchev–Trinajstić information content (AvgIpc) is 3.20. The second-order valence-corrected chi connectivity index (χ2v) is 7.33. The van der Waals surface area contributed by atoms with Gasteiger partial charge < -0.3 is 25.7 Å². The van der Waals surface area contributed by atoms with Crippen LogP contribution in [0.1, 0.15) is 12.8 Å². The maximum atomic E-state index is 11.3. The Morgan fingerprint density at radius 3 is 2.76 bits per heavy atom. The minimum atomic E-state index is -0.178. The highest BCUT2D eigenvalue weighted by molar-refractivity contribution is 6.34. The van der Waals surface area contributed by atoms with Crippen molar-refractivity contribution in [2.45, 2.75) is 18.9 Å². The maximum absolute atomic E-state index is 11.3. The number of H-pyrrole nitrogens is 1. The Morgan fingerprint density at radius 1 is 1.28 bits per heavy atom. The number of piperidine rings is 1. The van der Waals surface area contributed by atoms with Crippen LogP contribution < -0.4 is 20.7 Å². The summed E-state index contributed by atoms with van der Waals surface area (Å²) in [7, 11) is 1.57. The van der Waals surface area contributed by atoms with E-state index in [2.05, 4.69) is 30.9 Å². The summed E-state index contributed by atoms with van der Waals surface area (Å²) < 4.78 is 5.44. The van der Waals surface area contributed by atoms with E-state index in [1.807, 2.05) is 12.1 Å². The molecule has 1 saturated heterocycles. The molecule has 4 rings (SSSR count). The number of imidazole rings is 1. The maximum Gasteiger partial charge on any atom is 0.257 e. The van der Waals surface area contributed by atoms with E-state index in [4.69, 9.17) is 16.3 Å². The summed E-state index contributed by atoms with van der Waals surface area (Å²) in [6, 6.07) is 7.75. The molecule has 1 fully saturated rings. The van der Waals surface area contributed by atoms with E-state index in [9.17, 15) is 4.79 Å². The van der Waals surface area contributed by atoms with Gasteiger partial charge in [0, 0.05) is 18.7 Å². The lowest BCUT2D eigenvalue weighted by atomic mass is 10.1. The quantitative estimate of drug-likeness (QED) is 0.494. The predicted molar refractivity (Wildman–Crippen MR) is 113 cm³/mol. The Morgan fingerprint density at radius 2 is 2.03 bits per heavy atom. The van der Waals surface area contributed by atoms with Gasteiger partial charge in [-0.1, -0.05) is 11.6 Å². The molecule has 3 heterocycles. The molecule has 0 atom stereocenters. The number of aromatic amines is 1. The number of hydrogen-bond donors (Lipinski definition) is 4. The number of benzene rings is 1. The number of halogens is 1. The Balaban J connectivity index is 1.57. The van der Waals surface area contributed by atoms with Gasteiger partial charge in [0.2, 0.25) is 0 Å². The summed E-state index contributed by atoms with van der Waals surface area (Å²) in [6.07, 6.45) is 3.71. The van der Waals surface area contributed by atoms with E-state index in [1.54, 1.807) is 25.4 Å². The molecule has 2 aromatic heterocycles. The molecule has 1 aliphatic rings. The van der Waals surface area contributed by atoms with Gasteiger partial charge in [0.25, 0.3) is 5.91 Å². The summed E-state index contributed by atoms with van der Waals surface area (Å²) in [5, 5.41) is 10.0. The van der Waals surface area contributed by atoms with Gasteiger partial charge in [-0.2, -0.15) is 0 Å². The zero-order valence-corrected chi connectivity index (χ0v) is 16.8. The van der Waals surface area contributed by atoms with E-state index in [1.165, 1.54) is 0 Å². The molecule has 0 radical (unpaired) electrons. The third-order valence-corrected chi connectivity index (χ3v) is 5.22. The van der Waals surface area contributed by atoms with Crippen LogP contribution >= 0.6 is 11.6 Å². The largest absolute Gasteiger partial charge is 0.484 e. The summed E-state index contributed by atoms with van der Waals surface area (Å²) in [6.45, 7) is 1.97. The van der Waals surface area contributed by atoms with Crippen LogP contribution in [0.15, 0.2) is 30.5 Å². The number of hydrogen-bond acceptors (Lipinski definition) is 6. The minimum absolute atomic E-state index is 0.0192. The lowest BCUT2D eigenvalue weighted by Crippen LogP contribution is -2.35. The molecular formula is C20H23ClN6O2. The highest BCUT2D eigenvalue weighted by Gasteiger charge is 2.18. The highest BCUT2D eigenvalue weighted by Crippen LogP contribution is 2.32. The fourth-order valence-corrected chi connectivity index (χ4v) is 3.51. The number of carbonyl (C=O) groups excluding carboxylic acids is 1. The minimum Gasteiger partial charge on any atom is -0.484 e. The van der Waals surface area contributed by atoms with Gasteiger partial charge in [-0.15, -0.1) is 0 Å². The molecule has 9 heteroatoms. The highest BCUT2D eigenvalue weighted by atomic mass is 35.5. The fraction of sp³-hybridized carbons (Fsp3) is 0.350. The van der Waals surface area contributed by atoms with Crippen molar-refractivity contribution in [3.63, 3.8) is 0 Å². The van der Waals surface area contributed by atoms with Crippen LogP contribution in [-0.2, 0) is 4.79 Å². The average molecular weight is 415 g/mol. The van der Waals surface area contributed by atoms with Gasteiger partial charge in [-0.25, -0.2) is 9.97 Å². The Bertz CT molecular complexity index is 998. The number of nitrogens with zero attached hydrogens (tertiary/aromatic N) is 2. The first-order chi connectivity index (χ1) is 14.1. The fourth-order valence-electron chi connectivity index (χ4n) is 3.31. The van der Waals surface area contributed by atoms with Crippen molar-refractivity contribution >= 4 is 34.4 Å². The lowest BCUT2D eigenvalue weighted by molar-refractivity contribution is -0.122. The molecule has 8 nitrogen and oxygen atoms in total. The smallest absolute Gasteiger partial charge is 0.257 e. The van der Waals surface area contributed by atoms with Crippen molar-refractivity contribution in [3.05, 3.63) is 35.5 Å². The number of rotatable bonds is 6. The topological polar surface area (TPSA) is 104 Å². The first-order valence-corrected chi connectivity index (χ1v) is 9.97. The number of aromatic nitrogens is 3. The first kappa shape index (κ1) is 19.5. The third kappa shape index (κ3) is 4.44. The van der Waals surface area contributed by atoms with Gasteiger partial charge in [-0.05, 0) is 50.2 Å². The van der Waals surface area contributed by atoms with Crippen LogP contribution in [0.5, 0.6) is 5.75 Å². The number of carbonyl (C=O) groups is 1. The van der Waals surface area contributed by atoms with Crippen molar-refractivity contribution in [3.8, 4) is 17.1 Å². The van der Waals surface area contributed by atoms with Crippen molar-refractivity contribution in [2.24, 2.45) is 0 Å². The van der Waals surface area contributed by atoms with Crippen molar-refractivity contribution in [1.29, 1.82) is 0 Å². The third-order valence-electron chi connectivity index (χ3n) is 4.94. The lowest BCUT2D eigenvalue weighted by Gasteiger charge is -2.25. The Hall–Kier alpha value is -2.84. The van der Waals surface area contributed by atoms with Gasteiger partial charge >= 0.3 is 0 Å². The summed E-state index contributed by atoms with van der Waals surface area (Å²) in [4.78, 5) is 23.6. The van der Waals surface area contributed by atoms with Crippen LogP contribution in [0, 0.1) is 0 Å². The van der Waals surface area contributed by atoms with E-state index in [-0.39, 0.29) is 12.5 Å². The van der Waals surface area contributed by atoms with E-state index in [0.29, 0.717) is 28.3 Å². The second-order valence-electron chi connectivity index (χ2n) is 6.92. The van der Waals surface area contributed by atoms with Crippen molar-refractivity contribution < 1.29 is 9.53 Å². The number of ether oxygens (including phenoxy) is 1. The zero-order chi connectivity index (χ0) is 20.2. The number of amides is 1. The summed E-state index contributed by atoms with van der Waals surface area (Å²) in [5.74, 6) is 1.13. The van der Waals surface area contributed by atoms with Crippen LogP contribution in [0.3, 0.4) is 0 Å². The molecule has 152 valence electrons. The van der Waals surface area contributed by atoms with Crippen LogP contribution in [0.2, 0.25) is 5.02 Å². The number of nitrogens with one attached hydrogen (secondary N) is 4. The monoisotopic (exact) mass is 414 g/mol. The van der Waals surface area contributed by atoms with Crippen molar-refractivity contribution in [1.82, 2.24) is 25.6 Å².